The molecule has 5 fully saturated rings. The predicted molar refractivity (Wildman–Crippen MR) is 207 cm³/mol. The second kappa shape index (κ2) is 16.3. The molecule has 15 heteroatoms. The molecule has 3 aromatic rings. The van der Waals surface area contributed by atoms with Gasteiger partial charge < -0.3 is 39.8 Å². The third-order valence-electron chi connectivity index (χ3n) is 11.9. The number of fused-ring (bicyclic) bond motifs is 3. The quantitative estimate of drug-likeness (QED) is 0.194. The van der Waals surface area contributed by atoms with Crippen molar-refractivity contribution in [3.8, 4) is 0 Å². The molecule has 1 aliphatic carbocycles. The summed E-state index contributed by atoms with van der Waals surface area (Å²) in [7, 11) is -4.05. The molecule has 4 aliphatic heterocycles. The fourth-order valence-corrected chi connectivity index (χ4v) is 11.4. The lowest BCUT2D eigenvalue weighted by Gasteiger charge is -2.44. The SMILES string of the molecule is CC(C)N1CC(CN(C[C@@H](O)[C@H](Cc2ccccc2)NC(=O)OC2C3COC4OC2CC4C3)S(=O)(=O)c2ccc3nc(NCCN4CCCC4)sc3c2)C1. The molecule has 5 heterocycles. The van der Waals surface area contributed by atoms with E-state index in [1.807, 2.05) is 30.3 Å². The number of amides is 1. The first-order chi connectivity index (χ1) is 26.1. The average Bonchev–Trinajstić information content (AvgIpc) is 3.87. The van der Waals surface area contributed by atoms with E-state index in [1.54, 1.807) is 18.2 Å². The summed E-state index contributed by atoms with van der Waals surface area (Å²) in [5, 5.41) is 19.1. The van der Waals surface area contributed by atoms with Gasteiger partial charge in [0, 0.05) is 57.1 Å². The second-order valence-electron chi connectivity index (χ2n) is 16.1. The molecular formula is C39H54N6O7S2. The summed E-state index contributed by atoms with van der Waals surface area (Å²) in [6.07, 6.45) is 1.69. The van der Waals surface area contributed by atoms with E-state index < -0.39 is 34.4 Å². The second-order valence-corrected chi connectivity index (χ2v) is 19.1. The Bertz CT molecular complexity index is 1840. The van der Waals surface area contributed by atoms with Crippen molar-refractivity contribution in [3.05, 3.63) is 54.1 Å². The summed E-state index contributed by atoms with van der Waals surface area (Å²) < 4.78 is 49.2. The molecule has 4 saturated heterocycles. The van der Waals surface area contributed by atoms with Crippen LogP contribution in [0.1, 0.15) is 45.1 Å². The summed E-state index contributed by atoms with van der Waals surface area (Å²) in [6, 6.07) is 14.2. The van der Waals surface area contributed by atoms with Crippen molar-refractivity contribution in [1.29, 1.82) is 0 Å². The molecule has 3 N–H and O–H groups in total. The molecule has 5 unspecified atom stereocenters. The third kappa shape index (κ3) is 8.43. The molecule has 5 aliphatic rings. The summed E-state index contributed by atoms with van der Waals surface area (Å²) in [4.78, 5) is 23.2. The molecule has 13 nitrogen and oxygen atoms in total. The Balaban J connectivity index is 0.996. The van der Waals surface area contributed by atoms with Crippen molar-refractivity contribution in [2.75, 3.05) is 64.3 Å². The molecule has 2 aromatic carbocycles. The van der Waals surface area contributed by atoms with Crippen LogP contribution in [0.15, 0.2) is 53.4 Å². The predicted octanol–water partition coefficient (Wildman–Crippen LogP) is 3.98. The number of ether oxygens (including phenoxy) is 3. The van der Waals surface area contributed by atoms with Gasteiger partial charge in [-0.05, 0) is 88.7 Å². The van der Waals surface area contributed by atoms with Gasteiger partial charge in [-0.1, -0.05) is 41.7 Å². The number of sulfonamides is 1. The molecule has 1 aromatic heterocycles. The van der Waals surface area contributed by atoms with Crippen molar-refractivity contribution in [1.82, 2.24) is 24.4 Å². The smallest absolute Gasteiger partial charge is 0.407 e. The van der Waals surface area contributed by atoms with Crippen LogP contribution in [-0.4, -0.2) is 134 Å². The Morgan fingerprint density at radius 1 is 1.11 bits per heavy atom. The average molecular weight is 783 g/mol. The van der Waals surface area contributed by atoms with Gasteiger partial charge in [0.25, 0.3) is 0 Å². The van der Waals surface area contributed by atoms with E-state index >= 15 is 0 Å². The molecule has 54 heavy (non-hydrogen) atoms. The van der Waals surface area contributed by atoms with Gasteiger partial charge in [0.1, 0.15) is 6.10 Å². The van der Waals surface area contributed by atoms with Crippen LogP contribution in [0.3, 0.4) is 0 Å². The minimum atomic E-state index is -4.05. The zero-order chi connectivity index (χ0) is 37.4. The molecule has 7 atom stereocenters. The van der Waals surface area contributed by atoms with Crippen molar-refractivity contribution in [3.63, 3.8) is 0 Å². The number of carbonyl (C=O) groups is 1. The highest BCUT2D eigenvalue weighted by Gasteiger charge is 2.53. The molecule has 294 valence electrons. The number of rotatable bonds is 16. The summed E-state index contributed by atoms with van der Waals surface area (Å²) in [5.41, 5.74) is 1.64. The number of thiazole rings is 1. The van der Waals surface area contributed by atoms with Gasteiger partial charge in [0.15, 0.2) is 11.4 Å². The monoisotopic (exact) mass is 782 g/mol. The van der Waals surface area contributed by atoms with Crippen LogP contribution < -0.4 is 10.6 Å². The topological polar surface area (TPSA) is 146 Å². The number of alkyl carbamates (subject to hydrolysis) is 1. The molecule has 0 spiro atoms. The van der Waals surface area contributed by atoms with E-state index in [0.29, 0.717) is 18.6 Å². The fraction of sp³-hybridized carbons (Fsp3) is 0.641. The van der Waals surface area contributed by atoms with E-state index in [9.17, 15) is 18.3 Å². The van der Waals surface area contributed by atoms with E-state index in [4.69, 9.17) is 19.2 Å². The Morgan fingerprint density at radius 2 is 1.91 bits per heavy atom. The molecule has 1 amide bonds. The number of carbonyl (C=O) groups excluding carboxylic acids is 1. The minimum absolute atomic E-state index is 0.0573. The number of nitrogens with one attached hydrogen (secondary N) is 2. The van der Waals surface area contributed by atoms with Crippen LogP contribution in [0.4, 0.5) is 9.93 Å². The summed E-state index contributed by atoms with van der Waals surface area (Å²) in [5.74, 6) is 0.500. The molecular weight excluding hydrogens is 729 g/mol. The van der Waals surface area contributed by atoms with Gasteiger partial charge in [-0.15, -0.1) is 0 Å². The van der Waals surface area contributed by atoms with Gasteiger partial charge in [-0.3, -0.25) is 0 Å². The number of likely N-dealkylation sites (tertiary alicyclic amines) is 2. The number of hydrogen-bond acceptors (Lipinski definition) is 12. The number of benzene rings is 2. The van der Waals surface area contributed by atoms with Gasteiger partial charge in [0.2, 0.25) is 10.0 Å². The van der Waals surface area contributed by atoms with Gasteiger partial charge in [-0.25, -0.2) is 18.2 Å². The molecule has 1 saturated carbocycles. The Kier molecular flexibility index (Phi) is 11.5. The maximum atomic E-state index is 14.6. The summed E-state index contributed by atoms with van der Waals surface area (Å²) >= 11 is 1.45. The third-order valence-corrected chi connectivity index (χ3v) is 14.7. The van der Waals surface area contributed by atoms with Crippen LogP contribution >= 0.6 is 11.3 Å². The number of aromatic nitrogens is 1. The van der Waals surface area contributed by atoms with Crippen LogP contribution in [0, 0.1) is 17.8 Å². The van der Waals surface area contributed by atoms with E-state index in [1.165, 1.54) is 28.5 Å². The number of hydrogen-bond donors (Lipinski definition) is 3. The zero-order valence-corrected chi connectivity index (χ0v) is 32.8. The van der Waals surface area contributed by atoms with Crippen molar-refractivity contribution < 1.29 is 32.5 Å². The Labute approximate surface area is 322 Å². The highest BCUT2D eigenvalue weighted by molar-refractivity contribution is 7.89. The Hall–Kier alpha value is -2.89. The largest absolute Gasteiger partial charge is 0.443 e. The highest BCUT2D eigenvalue weighted by atomic mass is 32.2. The number of aliphatic hydroxyl groups is 1. The minimum Gasteiger partial charge on any atom is -0.443 e. The maximum Gasteiger partial charge on any atom is 0.407 e. The lowest BCUT2D eigenvalue weighted by Crippen LogP contribution is -2.57. The van der Waals surface area contributed by atoms with E-state index in [0.717, 1.165) is 73.0 Å². The van der Waals surface area contributed by atoms with E-state index in [2.05, 4.69) is 34.3 Å². The highest BCUT2D eigenvalue weighted by Crippen LogP contribution is 2.46. The first kappa shape index (κ1) is 38.0. The summed E-state index contributed by atoms with van der Waals surface area (Å²) in [6.45, 7) is 10.3. The lowest BCUT2D eigenvalue weighted by molar-refractivity contribution is -0.153. The number of aliphatic hydroxyl groups excluding tert-OH is 1. The number of nitrogens with zero attached hydrogens (tertiary/aromatic N) is 4. The Morgan fingerprint density at radius 3 is 2.69 bits per heavy atom. The van der Waals surface area contributed by atoms with Gasteiger partial charge >= 0.3 is 6.09 Å². The lowest BCUT2D eigenvalue weighted by atomic mass is 9.78. The zero-order valence-electron chi connectivity index (χ0n) is 31.2. The first-order valence-corrected chi connectivity index (χ1v) is 21.9. The van der Waals surface area contributed by atoms with Crippen LogP contribution in [0.2, 0.25) is 0 Å². The fourth-order valence-electron chi connectivity index (χ4n) is 8.84. The number of anilines is 1. The normalized spacial score (nSPS) is 27.1. The van der Waals surface area contributed by atoms with Gasteiger partial charge in [0.05, 0.1) is 40.0 Å². The maximum absolute atomic E-state index is 14.6. The molecule has 8 rings (SSSR count). The first-order valence-electron chi connectivity index (χ1n) is 19.7. The van der Waals surface area contributed by atoms with Crippen LogP contribution in [0.5, 0.6) is 0 Å². The van der Waals surface area contributed by atoms with Crippen molar-refractivity contribution >= 4 is 42.8 Å². The van der Waals surface area contributed by atoms with E-state index in [-0.39, 0.29) is 48.6 Å². The van der Waals surface area contributed by atoms with Crippen LogP contribution in [-0.2, 0) is 30.7 Å². The van der Waals surface area contributed by atoms with Crippen molar-refractivity contribution in [2.45, 2.75) is 87.5 Å². The molecule has 0 radical (unpaired) electrons. The standard InChI is InChI=1S/C39H54N6O7S2/c1-25(2)44-20-27(21-44)22-45(54(48,49)30-10-11-31-35(19-30)53-38(41-31)40-12-15-43-13-6-7-14-43)23-33(46)32(16-26-8-4-3-5-9-26)42-39(47)52-36-29-17-28-18-34(36)51-37(28)50-24-29/h3-5,8-11,19,25,27-29,32-34,36-37,46H,6-7,12-18,20-24H2,1-2H3,(H,40,41)(H,42,47)/t28?,29?,32-,33+,34?,36?,37?/m0/s1. The van der Waals surface area contributed by atoms with Crippen LogP contribution in [0.25, 0.3) is 10.2 Å². The van der Waals surface area contributed by atoms with Gasteiger partial charge in [-0.2, -0.15) is 4.31 Å². The molecule has 3 bridgehead atoms. The van der Waals surface area contributed by atoms with Crippen molar-refractivity contribution in [2.24, 2.45) is 17.8 Å².